The number of fused-ring (bicyclic) bond motifs is 1. The van der Waals surface area contributed by atoms with Crippen LogP contribution in [0.5, 0.6) is 5.75 Å². The normalized spacial score (nSPS) is 12.4. The third kappa shape index (κ3) is 5.29. The molecule has 5 aromatic rings. The lowest BCUT2D eigenvalue weighted by Gasteiger charge is -2.16. The fraction of sp³-hybridized carbons (Fsp3) is 0.0370. The van der Waals surface area contributed by atoms with E-state index in [4.69, 9.17) is 28.2 Å². The van der Waals surface area contributed by atoms with Gasteiger partial charge < -0.3 is 5.11 Å². The smallest absolute Gasteiger partial charge is 0.152 e. The molecule has 0 saturated heterocycles. The summed E-state index contributed by atoms with van der Waals surface area (Å²) < 4.78 is 2.03. The molecule has 0 amide bonds. The summed E-state index contributed by atoms with van der Waals surface area (Å²) in [5.41, 5.74) is 4.67. The summed E-state index contributed by atoms with van der Waals surface area (Å²) in [5, 5.41) is 11.4. The van der Waals surface area contributed by atoms with Gasteiger partial charge in [0.05, 0.1) is 21.2 Å². The predicted octanol–water partition coefficient (Wildman–Crippen LogP) is 8.94. The molecule has 0 saturated carbocycles. The minimum atomic E-state index is 0.0994. The maximum atomic E-state index is 10.0. The van der Waals surface area contributed by atoms with Gasteiger partial charge in [-0.2, -0.15) is 0 Å². The molecule has 0 radical (unpaired) electrons. The standard InChI is InChI=1S/C27H18Cl2N2OS2/c28-20-8-6-18(7-9-20)26(17-4-2-1-3-5-17)34-27-31-23-12-11-22(15-25(23)33-27)30-16-19-14-21(29)10-13-24(19)32/h1-16,26,32H/t26-/m0/s1. The van der Waals surface area contributed by atoms with E-state index >= 15 is 0 Å². The summed E-state index contributed by atoms with van der Waals surface area (Å²) in [6.45, 7) is 0. The van der Waals surface area contributed by atoms with Crippen molar-refractivity contribution in [3.05, 3.63) is 118 Å². The Kier molecular flexibility index (Phi) is 6.88. The van der Waals surface area contributed by atoms with Crippen LogP contribution in [0.15, 0.2) is 100 Å². The molecule has 0 aliphatic heterocycles. The van der Waals surface area contributed by atoms with Crippen molar-refractivity contribution < 1.29 is 5.11 Å². The molecule has 1 atom stereocenters. The maximum Gasteiger partial charge on any atom is 0.152 e. The van der Waals surface area contributed by atoms with Crippen LogP contribution in [0.4, 0.5) is 5.69 Å². The van der Waals surface area contributed by atoms with E-state index in [0.717, 1.165) is 25.3 Å². The van der Waals surface area contributed by atoms with Crippen LogP contribution in [-0.4, -0.2) is 16.3 Å². The molecule has 0 bridgehead atoms. The number of thiazole rings is 1. The second kappa shape index (κ2) is 10.2. The third-order valence-corrected chi connectivity index (χ3v) is 8.10. The Bertz CT molecular complexity index is 1470. The van der Waals surface area contributed by atoms with Crippen LogP contribution in [0.1, 0.15) is 21.9 Å². The Morgan fingerprint density at radius 1 is 0.853 bits per heavy atom. The molecule has 0 aliphatic carbocycles. The van der Waals surface area contributed by atoms with Crippen molar-refractivity contribution in [3.8, 4) is 5.75 Å². The number of halogens is 2. The van der Waals surface area contributed by atoms with Gasteiger partial charge >= 0.3 is 0 Å². The van der Waals surface area contributed by atoms with Gasteiger partial charge in [-0.25, -0.2) is 4.98 Å². The first-order valence-corrected chi connectivity index (χ1v) is 12.9. The second-order valence-electron chi connectivity index (χ2n) is 7.55. The fourth-order valence-electron chi connectivity index (χ4n) is 3.49. The van der Waals surface area contributed by atoms with E-state index in [9.17, 15) is 5.11 Å². The molecule has 0 aliphatic rings. The number of rotatable bonds is 6. The van der Waals surface area contributed by atoms with Crippen LogP contribution in [0.3, 0.4) is 0 Å². The second-order valence-corrected chi connectivity index (χ2v) is 10.8. The van der Waals surface area contributed by atoms with Gasteiger partial charge in [0.25, 0.3) is 0 Å². The lowest BCUT2D eigenvalue weighted by Crippen LogP contribution is -1.96. The Balaban J connectivity index is 1.43. The van der Waals surface area contributed by atoms with E-state index < -0.39 is 0 Å². The summed E-state index contributed by atoms with van der Waals surface area (Å²) in [6.07, 6.45) is 1.62. The number of thioether (sulfide) groups is 1. The lowest BCUT2D eigenvalue weighted by atomic mass is 10.0. The molecule has 5 rings (SSSR count). The maximum absolute atomic E-state index is 10.0. The van der Waals surface area contributed by atoms with E-state index in [1.165, 1.54) is 11.1 Å². The highest BCUT2D eigenvalue weighted by atomic mass is 35.5. The minimum Gasteiger partial charge on any atom is -0.507 e. The molecule has 34 heavy (non-hydrogen) atoms. The highest BCUT2D eigenvalue weighted by Gasteiger charge is 2.18. The molecule has 0 unspecified atom stereocenters. The molecular formula is C27H18Cl2N2OS2. The van der Waals surface area contributed by atoms with Gasteiger partial charge in [0.1, 0.15) is 5.75 Å². The summed E-state index contributed by atoms with van der Waals surface area (Å²) >= 11 is 15.5. The quantitative estimate of drug-likeness (QED) is 0.179. The molecule has 0 fully saturated rings. The molecule has 1 N–H and O–H groups in total. The average molecular weight is 521 g/mol. The number of hydrogen-bond donors (Lipinski definition) is 1. The molecule has 3 nitrogen and oxygen atoms in total. The zero-order chi connectivity index (χ0) is 23.5. The van der Waals surface area contributed by atoms with Crippen molar-refractivity contribution >= 4 is 68.4 Å². The van der Waals surface area contributed by atoms with E-state index in [1.807, 2.05) is 36.4 Å². The Hall–Kier alpha value is -2.83. The summed E-state index contributed by atoms with van der Waals surface area (Å²) in [4.78, 5) is 9.37. The van der Waals surface area contributed by atoms with Gasteiger partial charge in [0.15, 0.2) is 4.34 Å². The third-order valence-electron chi connectivity index (χ3n) is 5.19. The van der Waals surface area contributed by atoms with Crippen LogP contribution in [0.25, 0.3) is 10.2 Å². The number of aromatic nitrogens is 1. The van der Waals surface area contributed by atoms with Gasteiger partial charge in [-0.1, -0.05) is 77.4 Å². The van der Waals surface area contributed by atoms with Crippen molar-refractivity contribution in [1.82, 2.24) is 4.98 Å². The molecule has 4 aromatic carbocycles. The van der Waals surface area contributed by atoms with Crippen molar-refractivity contribution in [2.45, 2.75) is 9.59 Å². The highest BCUT2D eigenvalue weighted by molar-refractivity contribution is 8.01. The van der Waals surface area contributed by atoms with Gasteiger partial charge in [-0.15, -0.1) is 11.3 Å². The van der Waals surface area contributed by atoms with Crippen LogP contribution >= 0.6 is 46.3 Å². The topological polar surface area (TPSA) is 45.5 Å². The summed E-state index contributed by atoms with van der Waals surface area (Å²) in [5.74, 6) is 0.139. The number of aliphatic imine (C=N–C) groups is 1. The number of phenolic OH excluding ortho intramolecular Hbond substituents is 1. The minimum absolute atomic E-state index is 0.0994. The number of benzene rings is 4. The molecular weight excluding hydrogens is 503 g/mol. The van der Waals surface area contributed by atoms with Crippen LogP contribution < -0.4 is 0 Å². The highest BCUT2D eigenvalue weighted by Crippen LogP contribution is 2.43. The van der Waals surface area contributed by atoms with Crippen molar-refractivity contribution in [2.24, 2.45) is 4.99 Å². The molecule has 7 heteroatoms. The monoisotopic (exact) mass is 520 g/mol. The van der Waals surface area contributed by atoms with E-state index in [-0.39, 0.29) is 11.0 Å². The summed E-state index contributed by atoms with van der Waals surface area (Å²) in [7, 11) is 0. The number of aromatic hydroxyl groups is 1. The number of phenols is 1. The van der Waals surface area contributed by atoms with E-state index in [2.05, 4.69) is 41.4 Å². The SMILES string of the molecule is Oc1ccc(Cl)cc1C=Nc1ccc2nc(S[C@@H](c3ccccc3)c3ccc(Cl)cc3)sc2c1. The van der Waals surface area contributed by atoms with Gasteiger partial charge in [-0.05, 0) is 59.7 Å². The van der Waals surface area contributed by atoms with Crippen molar-refractivity contribution in [1.29, 1.82) is 0 Å². The van der Waals surface area contributed by atoms with Crippen molar-refractivity contribution in [2.75, 3.05) is 0 Å². The van der Waals surface area contributed by atoms with E-state index in [1.54, 1.807) is 47.5 Å². The van der Waals surface area contributed by atoms with Gasteiger partial charge in [0.2, 0.25) is 0 Å². The van der Waals surface area contributed by atoms with E-state index in [0.29, 0.717) is 10.6 Å². The average Bonchev–Trinajstić information content (AvgIpc) is 3.26. The first-order chi connectivity index (χ1) is 16.5. The first kappa shape index (κ1) is 22.9. The zero-order valence-electron chi connectivity index (χ0n) is 17.7. The van der Waals surface area contributed by atoms with Crippen molar-refractivity contribution in [3.63, 3.8) is 0 Å². The Morgan fingerprint density at radius 3 is 2.38 bits per heavy atom. The van der Waals surface area contributed by atoms with Gasteiger partial charge in [0, 0.05) is 21.8 Å². The number of nitrogens with zero attached hydrogens (tertiary/aromatic N) is 2. The zero-order valence-corrected chi connectivity index (χ0v) is 20.9. The first-order valence-electron chi connectivity index (χ1n) is 10.5. The van der Waals surface area contributed by atoms with Crippen LogP contribution in [0, 0.1) is 0 Å². The molecule has 1 aromatic heterocycles. The molecule has 0 spiro atoms. The van der Waals surface area contributed by atoms with Crippen LogP contribution in [0.2, 0.25) is 10.0 Å². The Morgan fingerprint density at radius 2 is 1.59 bits per heavy atom. The Labute approximate surface area is 215 Å². The largest absolute Gasteiger partial charge is 0.507 e. The lowest BCUT2D eigenvalue weighted by molar-refractivity contribution is 0.474. The number of hydrogen-bond acceptors (Lipinski definition) is 5. The molecule has 1 heterocycles. The fourth-order valence-corrected chi connectivity index (χ4v) is 6.22. The van der Waals surface area contributed by atoms with Crippen LogP contribution in [-0.2, 0) is 0 Å². The summed E-state index contributed by atoms with van der Waals surface area (Å²) in [6, 6.07) is 29.2. The van der Waals surface area contributed by atoms with Gasteiger partial charge in [-0.3, -0.25) is 4.99 Å². The predicted molar refractivity (Wildman–Crippen MR) is 146 cm³/mol. The molecule has 168 valence electrons.